The van der Waals surface area contributed by atoms with Gasteiger partial charge in [0.2, 0.25) is 5.91 Å². The molecule has 0 aromatic heterocycles. The van der Waals surface area contributed by atoms with E-state index in [9.17, 15) is 14.4 Å². The molecule has 0 fully saturated rings. The molecule has 0 heterocycles. The maximum atomic E-state index is 12.0. The monoisotopic (exact) mass is 384 g/mol. The van der Waals surface area contributed by atoms with Crippen LogP contribution in [0.5, 0.6) is 5.75 Å². The van der Waals surface area contributed by atoms with Crippen molar-refractivity contribution in [3.8, 4) is 5.75 Å². The van der Waals surface area contributed by atoms with Gasteiger partial charge in [0.25, 0.3) is 5.91 Å². The minimum atomic E-state index is -0.360. The molecule has 0 bridgehead atoms. The average molecular weight is 384 g/mol. The predicted octanol–water partition coefficient (Wildman–Crippen LogP) is 2.48. The Kier molecular flexibility index (Phi) is 7.83. The van der Waals surface area contributed by atoms with Crippen LogP contribution in [0, 0.1) is 0 Å². The fourth-order valence-electron chi connectivity index (χ4n) is 2.35. The number of urea groups is 1. The molecule has 148 valence electrons. The van der Waals surface area contributed by atoms with Gasteiger partial charge in [0.05, 0.1) is 0 Å². The lowest BCUT2D eigenvalue weighted by Gasteiger charge is -2.10. The summed E-state index contributed by atoms with van der Waals surface area (Å²) in [4.78, 5) is 34.5. The van der Waals surface area contributed by atoms with E-state index in [0.29, 0.717) is 30.2 Å². The average Bonchev–Trinajstić information content (AvgIpc) is 2.66. The van der Waals surface area contributed by atoms with Crippen LogP contribution in [0.3, 0.4) is 0 Å². The molecule has 2 aromatic carbocycles. The Labute approximate surface area is 163 Å². The fourth-order valence-corrected chi connectivity index (χ4v) is 2.35. The first-order valence-corrected chi connectivity index (χ1v) is 8.87. The van der Waals surface area contributed by atoms with Gasteiger partial charge in [-0.25, -0.2) is 4.79 Å². The zero-order valence-corrected chi connectivity index (χ0v) is 15.9. The summed E-state index contributed by atoms with van der Waals surface area (Å²) in [6.45, 7) is 4.08. The number of hydrogen-bond donors (Lipinski definition) is 4. The third kappa shape index (κ3) is 7.36. The number of ether oxygens (including phenoxy) is 1. The maximum absolute atomic E-state index is 12.0. The Balaban J connectivity index is 1.80. The molecule has 4 N–H and O–H groups in total. The van der Waals surface area contributed by atoms with E-state index in [1.54, 1.807) is 42.5 Å². The molecule has 0 radical (unpaired) electrons. The molecule has 8 nitrogen and oxygen atoms in total. The molecule has 0 aliphatic rings. The SMILES string of the molecule is CCNC(=O)COc1ccc(NC(=O)NCc2cccc(NC(C)=O)c2)cc1. The van der Waals surface area contributed by atoms with Crippen molar-refractivity contribution in [3.05, 3.63) is 54.1 Å². The van der Waals surface area contributed by atoms with E-state index in [2.05, 4.69) is 21.3 Å². The Morgan fingerprint density at radius 3 is 2.36 bits per heavy atom. The number of benzene rings is 2. The summed E-state index contributed by atoms with van der Waals surface area (Å²) >= 11 is 0. The first-order valence-electron chi connectivity index (χ1n) is 8.87. The van der Waals surface area contributed by atoms with Crippen molar-refractivity contribution in [3.63, 3.8) is 0 Å². The highest BCUT2D eigenvalue weighted by atomic mass is 16.5. The third-order valence-electron chi connectivity index (χ3n) is 3.56. The van der Waals surface area contributed by atoms with Gasteiger partial charge in [0.15, 0.2) is 6.61 Å². The summed E-state index contributed by atoms with van der Waals surface area (Å²) in [5.41, 5.74) is 2.13. The van der Waals surface area contributed by atoms with Crippen LogP contribution < -0.4 is 26.0 Å². The molecule has 28 heavy (non-hydrogen) atoms. The van der Waals surface area contributed by atoms with E-state index in [4.69, 9.17) is 4.74 Å². The predicted molar refractivity (Wildman–Crippen MR) is 107 cm³/mol. The largest absolute Gasteiger partial charge is 0.484 e. The van der Waals surface area contributed by atoms with Gasteiger partial charge in [-0.05, 0) is 48.9 Å². The number of carbonyl (C=O) groups is 3. The van der Waals surface area contributed by atoms with Gasteiger partial charge in [-0.3, -0.25) is 9.59 Å². The summed E-state index contributed by atoms with van der Waals surface area (Å²) < 4.78 is 5.35. The number of amides is 4. The molecule has 4 amide bonds. The second kappa shape index (κ2) is 10.6. The minimum absolute atomic E-state index is 0.0569. The van der Waals surface area contributed by atoms with Crippen molar-refractivity contribution in [2.45, 2.75) is 20.4 Å². The number of anilines is 2. The molecular weight excluding hydrogens is 360 g/mol. The van der Waals surface area contributed by atoms with E-state index >= 15 is 0 Å². The molecule has 2 rings (SSSR count). The van der Waals surface area contributed by atoms with Crippen molar-refractivity contribution in [2.75, 3.05) is 23.8 Å². The lowest BCUT2D eigenvalue weighted by Crippen LogP contribution is -2.28. The molecule has 0 aliphatic heterocycles. The lowest BCUT2D eigenvalue weighted by molar-refractivity contribution is -0.123. The standard InChI is InChI=1S/C20H24N4O4/c1-3-21-19(26)13-28-18-9-7-16(8-10-18)24-20(27)22-12-15-5-4-6-17(11-15)23-14(2)25/h4-11H,3,12-13H2,1-2H3,(H,21,26)(H,23,25)(H2,22,24,27). The van der Waals surface area contributed by atoms with Crippen LogP contribution in [0.25, 0.3) is 0 Å². The molecule has 0 spiro atoms. The van der Waals surface area contributed by atoms with Crippen LogP contribution in [-0.2, 0) is 16.1 Å². The smallest absolute Gasteiger partial charge is 0.319 e. The van der Waals surface area contributed by atoms with Gasteiger partial charge in [-0.1, -0.05) is 12.1 Å². The Hall–Kier alpha value is -3.55. The van der Waals surface area contributed by atoms with Crippen molar-refractivity contribution in [1.29, 1.82) is 0 Å². The van der Waals surface area contributed by atoms with Crippen molar-refractivity contribution in [1.82, 2.24) is 10.6 Å². The number of rotatable bonds is 8. The molecular formula is C20H24N4O4. The molecule has 0 unspecified atom stereocenters. The summed E-state index contributed by atoms with van der Waals surface area (Å²) in [6.07, 6.45) is 0. The summed E-state index contributed by atoms with van der Waals surface area (Å²) in [7, 11) is 0. The lowest BCUT2D eigenvalue weighted by atomic mass is 10.2. The highest BCUT2D eigenvalue weighted by molar-refractivity contribution is 5.90. The Morgan fingerprint density at radius 1 is 0.929 bits per heavy atom. The first kappa shape index (κ1) is 20.8. The molecule has 0 atom stereocenters. The first-order chi connectivity index (χ1) is 13.5. The maximum Gasteiger partial charge on any atom is 0.319 e. The molecule has 8 heteroatoms. The molecule has 0 saturated heterocycles. The van der Waals surface area contributed by atoms with Crippen LogP contribution in [0.2, 0.25) is 0 Å². The van der Waals surface area contributed by atoms with Gasteiger partial charge in [-0.2, -0.15) is 0 Å². The Morgan fingerprint density at radius 2 is 1.68 bits per heavy atom. The molecule has 0 aliphatic carbocycles. The van der Waals surface area contributed by atoms with E-state index in [1.165, 1.54) is 6.92 Å². The summed E-state index contributed by atoms with van der Waals surface area (Å²) in [6, 6.07) is 13.6. The zero-order chi connectivity index (χ0) is 20.4. The highest BCUT2D eigenvalue weighted by Gasteiger charge is 2.05. The van der Waals surface area contributed by atoms with Gasteiger partial charge in [0, 0.05) is 31.4 Å². The highest BCUT2D eigenvalue weighted by Crippen LogP contribution is 2.15. The van der Waals surface area contributed by atoms with Gasteiger partial charge in [0.1, 0.15) is 5.75 Å². The fraction of sp³-hybridized carbons (Fsp3) is 0.250. The quantitative estimate of drug-likeness (QED) is 0.561. The molecule has 0 saturated carbocycles. The number of nitrogens with one attached hydrogen (secondary N) is 4. The van der Waals surface area contributed by atoms with Crippen LogP contribution in [0.4, 0.5) is 16.2 Å². The van der Waals surface area contributed by atoms with Gasteiger partial charge in [-0.15, -0.1) is 0 Å². The topological polar surface area (TPSA) is 109 Å². The second-order valence-corrected chi connectivity index (χ2v) is 5.96. The van der Waals surface area contributed by atoms with Gasteiger partial charge >= 0.3 is 6.03 Å². The number of likely N-dealkylation sites (N-methyl/N-ethyl adjacent to an activating group) is 1. The van der Waals surface area contributed by atoms with Crippen LogP contribution in [0.1, 0.15) is 19.4 Å². The van der Waals surface area contributed by atoms with Crippen LogP contribution in [-0.4, -0.2) is 31.0 Å². The number of carbonyl (C=O) groups excluding carboxylic acids is 3. The van der Waals surface area contributed by atoms with Crippen LogP contribution >= 0.6 is 0 Å². The normalized spacial score (nSPS) is 9.93. The summed E-state index contributed by atoms with van der Waals surface area (Å²) in [5, 5.41) is 10.8. The second-order valence-electron chi connectivity index (χ2n) is 5.96. The Bertz CT molecular complexity index is 821. The van der Waals surface area contributed by atoms with Crippen molar-refractivity contribution < 1.29 is 19.1 Å². The summed E-state index contributed by atoms with van der Waals surface area (Å²) in [5.74, 6) is 0.194. The van der Waals surface area contributed by atoms with Crippen LogP contribution in [0.15, 0.2) is 48.5 Å². The molecule has 2 aromatic rings. The van der Waals surface area contributed by atoms with Crippen molar-refractivity contribution >= 4 is 29.2 Å². The van der Waals surface area contributed by atoms with Gasteiger partial charge < -0.3 is 26.0 Å². The third-order valence-corrected chi connectivity index (χ3v) is 3.56. The zero-order valence-electron chi connectivity index (χ0n) is 15.9. The minimum Gasteiger partial charge on any atom is -0.484 e. The van der Waals surface area contributed by atoms with E-state index < -0.39 is 0 Å². The van der Waals surface area contributed by atoms with Crippen molar-refractivity contribution in [2.24, 2.45) is 0 Å². The van der Waals surface area contributed by atoms with E-state index in [-0.39, 0.29) is 24.5 Å². The van der Waals surface area contributed by atoms with E-state index in [1.807, 2.05) is 13.0 Å². The number of hydrogen-bond acceptors (Lipinski definition) is 4. The van der Waals surface area contributed by atoms with E-state index in [0.717, 1.165) is 5.56 Å².